The van der Waals surface area contributed by atoms with E-state index in [0.717, 1.165) is 17.5 Å². The van der Waals surface area contributed by atoms with Gasteiger partial charge in [-0.1, -0.05) is 23.2 Å². The van der Waals surface area contributed by atoms with Crippen LogP contribution in [-0.4, -0.2) is 16.3 Å². The minimum absolute atomic E-state index is 0.615. The molecular formula is C12H13Cl2N3. The Hall–Kier alpha value is -1.03. The summed E-state index contributed by atoms with van der Waals surface area (Å²) in [6, 6.07) is 5.42. The van der Waals surface area contributed by atoms with Crippen molar-refractivity contribution < 1.29 is 0 Å². The van der Waals surface area contributed by atoms with Crippen LogP contribution >= 0.6 is 23.2 Å². The number of nitrogens with two attached hydrogens (primary N) is 1. The highest BCUT2D eigenvalue weighted by Gasteiger charge is 2.04. The van der Waals surface area contributed by atoms with Gasteiger partial charge in [0.05, 0.1) is 12.7 Å². The topological polar surface area (TPSA) is 43.8 Å². The fourth-order valence-electron chi connectivity index (χ4n) is 1.63. The van der Waals surface area contributed by atoms with Crippen molar-refractivity contribution in [2.24, 2.45) is 5.73 Å². The van der Waals surface area contributed by atoms with Gasteiger partial charge in [0.2, 0.25) is 0 Å². The van der Waals surface area contributed by atoms with Gasteiger partial charge in [-0.3, -0.25) is 4.68 Å². The maximum atomic E-state index is 6.09. The Morgan fingerprint density at radius 1 is 1.29 bits per heavy atom. The first kappa shape index (κ1) is 12.4. The second-order valence-electron chi connectivity index (χ2n) is 3.82. The first-order chi connectivity index (χ1) is 8.19. The number of benzene rings is 1. The molecular weight excluding hydrogens is 257 g/mol. The fraction of sp³-hybridized carbons (Fsp3) is 0.250. The Kier molecular flexibility index (Phi) is 4.05. The molecule has 0 spiro atoms. The molecule has 0 bridgehead atoms. The first-order valence-corrected chi connectivity index (χ1v) is 6.10. The van der Waals surface area contributed by atoms with Crippen LogP contribution in [0.3, 0.4) is 0 Å². The fourth-order valence-corrected chi connectivity index (χ4v) is 2.00. The van der Waals surface area contributed by atoms with Crippen LogP contribution in [0.5, 0.6) is 0 Å². The van der Waals surface area contributed by atoms with Crippen molar-refractivity contribution in [2.45, 2.75) is 13.0 Å². The van der Waals surface area contributed by atoms with E-state index < -0.39 is 0 Å². The van der Waals surface area contributed by atoms with E-state index in [1.54, 1.807) is 12.1 Å². The molecule has 0 amide bonds. The van der Waals surface area contributed by atoms with Crippen LogP contribution in [0, 0.1) is 0 Å². The highest BCUT2D eigenvalue weighted by Crippen LogP contribution is 2.21. The van der Waals surface area contributed by atoms with Crippen molar-refractivity contribution in [1.29, 1.82) is 0 Å². The highest BCUT2D eigenvalue weighted by atomic mass is 35.5. The Labute approximate surface area is 110 Å². The average molecular weight is 270 g/mol. The molecule has 2 N–H and O–H groups in total. The molecule has 1 aromatic carbocycles. The molecule has 0 radical (unpaired) electrons. The Bertz CT molecular complexity index is 508. The molecule has 0 saturated carbocycles. The minimum atomic E-state index is 0.615. The van der Waals surface area contributed by atoms with Gasteiger partial charge in [0.25, 0.3) is 0 Å². The molecule has 0 atom stereocenters. The van der Waals surface area contributed by atoms with Gasteiger partial charge >= 0.3 is 0 Å². The standard InChI is InChI=1S/C12H13Cl2N3/c13-11-1-2-12(14)10(5-11)8-17-7-9(3-4-15)6-16-17/h1-2,5-7H,3-4,8,15H2. The smallest absolute Gasteiger partial charge is 0.0674 e. The van der Waals surface area contributed by atoms with Crippen LogP contribution in [-0.2, 0) is 13.0 Å². The van der Waals surface area contributed by atoms with Crippen LogP contribution in [0.1, 0.15) is 11.1 Å². The molecule has 1 heterocycles. The summed E-state index contributed by atoms with van der Waals surface area (Å²) in [7, 11) is 0. The zero-order chi connectivity index (χ0) is 12.3. The van der Waals surface area contributed by atoms with E-state index in [0.29, 0.717) is 23.1 Å². The largest absolute Gasteiger partial charge is 0.330 e. The maximum absolute atomic E-state index is 6.09. The number of rotatable bonds is 4. The SMILES string of the molecule is NCCc1cnn(Cc2cc(Cl)ccc2Cl)c1. The second kappa shape index (κ2) is 5.54. The van der Waals surface area contributed by atoms with Gasteiger partial charge < -0.3 is 5.73 Å². The summed E-state index contributed by atoms with van der Waals surface area (Å²) < 4.78 is 1.84. The number of hydrogen-bond donors (Lipinski definition) is 1. The maximum Gasteiger partial charge on any atom is 0.0674 e. The van der Waals surface area contributed by atoms with Crippen LogP contribution in [0.15, 0.2) is 30.6 Å². The molecule has 0 unspecified atom stereocenters. The quantitative estimate of drug-likeness (QED) is 0.928. The van der Waals surface area contributed by atoms with Gasteiger partial charge in [0.1, 0.15) is 0 Å². The molecule has 0 aliphatic carbocycles. The normalized spacial score (nSPS) is 10.8. The first-order valence-electron chi connectivity index (χ1n) is 5.34. The lowest BCUT2D eigenvalue weighted by Gasteiger charge is -2.05. The zero-order valence-electron chi connectivity index (χ0n) is 9.24. The molecule has 0 saturated heterocycles. The Morgan fingerprint density at radius 2 is 2.12 bits per heavy atom. The van der Waals surface area contributed by atoms with Gasteiger partial charge in [-0.2, -0.15) is 5.10 Å². The molecule has 0 aliphatic heterocycles. The Morgan fingerprint density at radius 3 is 2.88 bits per heavy atom. The summed E-state index contributed by atoms with van der Waals surface area (Å²) in [5, 5.41) is 5.64. The molecule has 1 aromatic heterocycles. The van der Waals surface area contributed by atoms with Crippen molar-refractivity contribution in [1.82, 2.24) is 9.78 Å². The summed E-state index contributed by atoms with van der Waals surface area (Å²) in [4.78, 5) is 0. The van der Waals surface area contributed by atoms with Gasteiger partial charge in [0.15, 0.2) is 0 Å². The predicted molar refractivity (Wildman–Crippen MR) is 70.5 cm³/mol. The van der Waals surface area contributed by atoms with Gasteiger partial charge in [-0.25, -0.2) is 0 Å². The van der Waals surface area contributed by atoms with Gasteiger partial charge in [-0.15, -0.1) is 0 Å². The van der Waals surface area contributed by atoms with Crippen molar-refractivity contribution in [3.63, 3.8) is 0 Å². The van der Waals surface area contributed by atoms with Gasteiger partial charge in [-0.05, 0) is 42.3 Å². The number of aromatic nitrogens is 2. The third-order valence-corrected chi connectivity index (χ3v) is 3.06. The molecule has 17 heavy (non-hydrogen) atoms. The summed E-state index contributed by atoms with van der Waals surface area (Å²) >= 11 is 12.0. The second-order valence-corrected chi connectivity index (χ2v) is 4.66. The zero-order valence-corrected chi connectivity index (χ0v) is 10.7. The average Bonchev–Trinajstić information content (AvgIpc) is 2.72. The highest BCUT2D eigenvalue weighted by molar-refractivity contribution is 6.33. The van der Waals surface area contributed by atoms with E-state index in [2.05, 4.69) is 5.10 Å². The van der Waals surface area contributed by atoms with Crippen molar-refractivity contribution in [3.8, 4) is 0 Å². The molecule has 2 rings (SSSR count). The van der Waals surface area contributed by atoms with E-state index in [1.807, 2.05) is 23.1 Å². The van der Waals surface area contributed by atoms with Crippen LogP contribution in [0.4, 0.5) is 0 Å². The molecule has 5 heteroatoms. The van der Waals surface area contributed by atoms with Crippen molar-refractivity contribution >= 4 is 23.2 Å². The predicted octanol–water partition coefficient (Wildman–Crippen LogP) is 2.74. The van der Waals surface area contributed by atoms with E-state index >= 15 is 0 Å². The molecule has 0 aliphatic rings. The van der Waals surface area contributed by atoms with Crippen LogP contribution in [0.25, 0.3) is 0 Å². The van der Waals surface area contributed by atoms with E-state index in [4.69, 9.17) is 28.9 Å². The van der Waals surface area contributed by atoms with Gasteiger partial charge in [0, 0.05) is 16.2 Å². The molecule has 90 valence electrons. The lowest BCUT2D eigenvalue weighted by molar-refractivity contribution is 0.686. The number of hydrogen-bond acceptors (Lipinski definition) is 2. The number of halogens is 2. The van der Waals surface area contributed by atoms with Crippen molar-refractivity contribution in [2.75, 3.05) is 6.54 Å². The lowest BCUT2D eigenvalue weighted by Crippen LogP contribution is -2.02. The molecule has 3 nitrogen and oxygen atoms in total. The summed E-state index contributed by atoms with van der Waals surface area (Å²) in [6.45, 7) is 1.24. The third kappa shape index (κ3) is 3.22. The summed E-state index contributed by atoms with van der Waals surface area (Å²) in [5.41, 5.74) is 7.58. The molecule has 0 fully saturated rings. The molecule has 2 aromatic rings. The third-order valence-electron chi connectivity index (χ3n) is 2.46. The van der Waals surface area contributed by atoms with E-state index in [-0.39, 0.29) is 0 Å². The van der Waals surface area contributed by atoms with Crippen LogP contribution < -0.4 is 5.73 Å². The Balaban J connectivity index is 2.16. The minimum Gasteiger partial charge on any atom is -0.330 e. The van der Waals surface area contributed by atoms with Crippen LogP contribution in [0.2, 0.25) is 10.0 Å². The summed E-state index contributed by atoms with van der Waals surface area (Å²) in [6.07, 6.45) is 4.64. The number of nitrogens with zero attached hydrogens (tertiary/aromatic N) is 2. The lowest BCUT2D eigenvalue weighted by atomic mass is 10.2. The monoisotopic (exact) mass is 269 g/mol. The van der Waals surface area contributed by atoms with E-state index in [9.17, 15) is 0 Å². The summed E-state index contributed by atoms with van der Waals surface area (Å²) in [5.74, 6) is 0. The van der Waals surface area contributed by atoms with Crippen molar-refractivity contribution in [3.05, 3.63) is 51.8 Å². The van der Waals surface area contributed by atoms with E-state index in [1.165, 1.54) is 0 Å².